The number of rotatable bonds is 15. The van der Waals surface area contributed by atoms with Crippen LogP contribution >= 0.6 is 11.6 Å². The number of hydrogen-bond acceptors (Lipinski definition) is 17. The van der Waals surface area contributed by atoms with Gasteiger partial charge in [-0.05, 0) is 75.2 Å². The van der Waals surface area contributed by atoms with E-state index < -0.39 is 10.8 Å². The van der Waals surface area contributed by atoms with Crippen LogP contribution in [0.1, 0.15) is 50.7 Å². The summed E-state index contributed by atoms with van der Waals surface area (Å²) in [4.78, 5) is 32.8. The Hall–Kier alpha value is -6.84. The van der Waals surface area contributed by atoms with E-state index in [1.54, 1.807) is 18.6 Å². The molecular weight excluding hydrogens is 894 g/mol. The van der Waals surface area contributed by atoms with Crippen molar-refractivity contribution in [1.29, 1.82) is 5.26 Å². The zero-order chi connectivity index (χ0) is 47.5. The van der Waals surface area contributed by atoms with Crippen molar-refractivity contribution in [3.05, 3.63) is 102 Å². The first-order chi connectivity index (χ1) is 33.6. The fraction of sp³-hybridized carbons (Fsp3) is 0.392. The van der Waals surface area contributed by atoms with Gasteiger partial charge in [-0.25, -0.2) is 29.9 Å². The minimum atomic E-state index is -0.450. The zero-order valence-electron chi connectivity index (χ0n) is 39.0. The highest BCUT2D eigenvalue weighted by atomic mass is 35.5. The number of ether oxygens (including phenoxy) is 3. The minimum Gasteiger partial charge on any atom is -0.488 e. The predicted molar refractivity (Wildman–Crippen MR) is 267 cm³/mol. The minimum absolute atomic E-state index is 0.00861. The van der Waals surface area contributed by atoms with Crippen LogP contribution in [-0.4, -0.2) is 112 Å². The van der Waals surface area contributed by atoms with Gasteiger partial charge >= 0.3 is 0 Å². The molecule has 2 saturated heterocycles. The van der Waals surface area contributed by atoms with Crippen LogP contribution in [-0.2, 0) is 15.6 Å². The van der Waals surface area contributed by atoms with Crippen molar-refractivity contribution >= 4 is 52.2 Å². The van der Waals surface area contributed by atoms with Gasteiger partial charge in [-0.3, -0.25) is 0 Å². The van der Waals surface area contributed by atoms with Gasteiger partial charge in [0.05, 0.1) is 52.8 Å². The van der Waals surface area contributed by atoms with Crippen LogP contribution in [0.25, 0.3) is 22.5 Å². The van der Waals surface area contributed by atoms with Gasteiger partial charge in [-0.15, -0.1) is 0 Å². The molecule has 6 aromatic rings. The van der Waals surface area contributed by atoms with Crippen molar-refractivity contribution in [1.82, 2.24) is 34.8 Å². The molecule has 2 unspecified atom stereocenters. The molecule has 4 aromatic heterocycles. The first-order valence-corrected chi connectivity index (χ1v) is 23.9. The van der Waals surface area contributed by atoms with Crippen molar-refractivity contribution in [2.75, 3.05) is 92.5 Å². The van der Waals surface area contributed by atoms with Crippen LogP contribution in [0.5, 0.6) is 11.5 Å². The molecule has 69 heavy (non-hydrogen) atoms. The maximum absolute atomic E-state index is 10.2. The fourth-order valence-corrected chi connectivity index (χ4v) is 9.69. The average Bonchev–Trinajstić information content (AvgIpc) is 3.90. The number of benzene rings is 2. The van der Waals surface area contributed by atoms with E-state index in [0.717, 1.165) is 95.5 Å². The van der Waals surface area contributed by atoms with Crippen molar-refractivity contribution in [2.24, 2.45) is 5.92 Å². The molecule has 18 heteroatoms. The summed E-state index contributed by atoms with van der Waals surface area (Å²) in [6.45, 7) is 9.04. The molecule has 0 bridgehead atoms. The third-order valence-corrected chi connectivity index (χ3v) is 14.0. The predicted octanol–water partition coefficient (Wildman–Crippen LogP) is 8.16. The van der Waals surface area contributed by atoms with Crippen molar-refractivity contribution in [3.8, 4) is 40.1 Å². The molecule has 2 fully saturated rings. The highest BCUT2D eigenvalue weighted by Gasteiger charge is 2.37. The summed E-state index contributed by atoms with van der Waals surface area (Å²) in [5.74, 6) is 3.64. The number of nitrogens with one attached hydrogen (secondary N) is 4. The number of nitriles is 1. The molecule has 356 valence electrons. The molecule has 0 radical (unpaired) electrons. The molecule has 4 aliphatic rings. The van der Waals surface area contributed by atoms with E-state index in [4.69, 9.17) is 40.8 Å². The van der Waals surface area contributed by atoms with Gasteiger partial charge in [0.25, 0.3) is 0 Å². The van der Waals surface area contributed by atoms with Crippen LogP contribution < -0.4 is 35.6 Å². The third-order valence-electron chi connectivity index (χ3n) is 13.7. The van der Waals surface area contributed by atoms with E-state index in [9.17, 15) is 10.4 Å². The zero-order valence-corrected chi connectivity index (χ0v) is 39.8. The van der Waals surface area contributed by atoms with Crippen LogP contribution in [0.2, 0.25) is 5.02 Å². The molecule has 0 aliphatic carbocycles. The summed E-state index contributed by atoms with van der Waals surface area (Å²) >= 11 is 7.01. The number of nitrogens with zero attached hydrogens (tertiary/aromatic N) is 9. The normalized spacial score (nSPS) is 20.3. The van der Waals surface area contributed by atoms with Gasteiger partial charge < -0.3 is 50.4 Å². The number of para-hydroxylation sites is 2. The Kier molecular flexibility index (Phi) is 13.1. The van der Waals surface area contributed by atoms with Gasteiger partial charge in [0.2, 0.25) is 11.9 Å². The molecule has 5 N–H and O–H groups in total. The summed E-state index contributed by atoms with van der Waals surface area (Å²) in [6, 6.07) is 21.9. The molecule has 0 amide bonds. The fourth-order valence-electron chi connectivity index (χ4n) is 9.41. The molecule has 8 heterocycles. The average molecular weight is 951 g/mol. The van der Waals surface area contributed by atoms with E-state index in [2.05, 4.69) is 72.1 Å². The Balaban J connectivity index is 0.841. The molecule has 0 saturated carbocycles. The molecule has 2 aromatic carbocycles. The Labute approximate surface area is 406 Å². The standard InChI is InChI=1S/C51H56ClN13O4/c1-50(29-66)27-58-46-36(50)20-33(25-56-46)39-9-15-55-49(61-39)63-42-22-38(52)43(65-18-10-32(24-53)11-19-65)23-45(42)68-31-67-30-51(2)28-59-47-37(51)21-34(26-57-47)40-8-14-54-48(60-40)62-41-6-4-5-7-44(41)69-35-12-16-64(3)17-13-35/h4-9,14-15,20-23,25-26,32,35,66H,10-13,16-19,27-31H2,1-3H3,(H,56,58)(H,57,59)(H,54,60,62)(H,55,61,63). The Morgan fingerprint density at radius 3 is 2.06 bits per heavy atom. The number of aliphatic hydroxyl groups is 1. The number of likely N-dealkylation sites (tertiary alicyclic amines) is 1. The number of halogens is 1. The van der Waals surface area contributed by atoms with Gasteiger partial charge in [-0.2, -0.15) is 5.26 Å². The van der Waals surface area contributed by atoms with Gasteiger partial charge in [0.1, 0.15) is 29.2 Å². The number of aromatic nitrogens is 6. The van der Waals surface area contributed by atoms with Crippen LogP contribution in [0.4, 0.5) is 40.6 Å². The van der Waals surface area contributed by atoms with Crippen molar-refractivity contribution in [2.45, 2.75) is 56.5 Å². The lowest BCUT2D eigenvalue weighted by atomic mass is 9.85. The maximum atomic E-state index is 10.2. The van der Waals surface area contributed by atoms with E-state index in [0.29, 0.717) is 66.8 Å². The second kappa shape index (κ2) is 19.6. The summed E-state index contributed by atoms with van der Waals surface area (Å²) in [7, 11) is 2.14. The van der Waals surface area contributed by atoms with Crippen LogP contribution in [0.15, 0.2) is 85.5 Å². The third kappa shape index (κ3) is 9.88. The molecule has 4 aliphatic heterocycles. The molecule has 0 spiro atoms. The van der Waals surface area contributed by atoms with Crippen molar-refractivity contribution in [3.63, 3.8) is 0 Å². The molecule has 2 atom stereocenters. The van der Waals surface area contributed by atoms with E-state index in [1.807, 2.05) is 67.7 Å². The highest BCUT2D eigenvalue weighted by Crippen LogP contribution is 2.42. The Morgan fingerprint density at radius 2 is 1.41 bits per heavy atom. The van der Waals surface area contributed by atoms with E-state index in [1.165, 1.54) is 0 Å². The monoisotopic (exact) mass is 949 g/mol. The second-order valence-electron chi connectivity index (χ2n) is 18.9. The summed E-state index contributed by atoms with van der Waals surface area (Å²) < 4.78 is 19.3. The van der Waals surface area contributed by atoms with Gasteiger partial charge in [-0.1, -0.05) is 37.6 Å². The molecule has 17 nitrogen and oxygen atoms in total. The number of anilines is 7. The number of pyridine rings is 2. The Morgan fingerprint density at radius 1 is 0.783 bits per heavy atom. The number of aliphatic hydroxyl groups excluding tert-OH is 1. The first-order valence-electron chi connectivity index (χ1n) is 23.5. The molecule has 10 rings (SSSR count). The summed E-state index contributed by atoms with van der Waals surface area (Å²) in [5.41, 5.74) is 6.26. The van der Waals surface area contributed by atoms with Crippen molar-refractivity contribution < 1.29 is 19.3 Å². The quantitative estimate of drug-likeness (QED) is 0.0487. The van der Waals surface area contributed by atoms with Crippen LogP contribution in [0.3, 0.4) is 0 Å². The lowest BCUT2D eigenvalue weighted by Gasteiger charge is -2.32. The van der Waals surface area contributed by atoms with Gasteiger partial charge in [0.15, 0.2) is 6.79 Å². The van der Waals surface area contributed by atoms with Gasteiger partial charge in [0, 0.05) is 109 Å². The first kappa shape index (κ1) is 45.9. The van der Waals surface area contributed by atoms with E-state index >= 15 is 0 Å². The lowest BCUT2D eigenvalue weighted by Crippen LogP contribution is -2.35. The Bertz CT molecular complexity index is 2870. The number of hydrogen-bond donors (Lipinski definition) is 5. The van der Waals surface area contributed by atoms with Crippen LogP contribution in [0, 0.1) is 17.2 Å². The number of fused-ring (bicyclic) bond motifs is 2. The molecular formula is C51H56ClN13O4. The largest absolute Gasteiger partial charge is 0.488 e. The van der Waals surface area contributed by atoms with E-state index in [-0.39, 0.29) is 25.4 Å². The number of piperidine rings is 2. The maximum Gasteiger partial charge on any atom is 0.227 e. The topological polar surface area (TPSA) is 204 Å². The summed E-state index contributed by atoms with van der Waals surface area (Å²) in [5, 5.41) is 33.7. The smallest absolute Gasteiger partial charge is 0.227 e. The lowest BCUT2D eigenvalue weighted by molar-refractivity contribution is -0.00434. The highest BCUT2D eigenvalue weighted by molar-refractivity contribution is 6.33. The SMILES string of the molecule is CN1CCC(Oc2ccccc2Nc2nccc(-c3cnc4c(c3)C(C)(COCOc3cc(N5CCC(C#N)CC5)c(Cl)cc3Nc3nccc(-c5cnc6c(c5)C(C)(CO)CN6)n3)CN4)n2)CC1. The second-order valence-corrected chi connectivity index (χ2v) is 19.3. The summed E-state index contributed by atoms with van der Waals surface area (Å²) in [6.07, 6.45) is 10.6.